The summed E-state index contributed by atoms with van der Waals surface area (Å²) in [6.45, 7) is 3.71. The highest BCUT2D eigenvalue weighted by atomic mass is 35.5. The lowest BCUT2D eigenvalue weighted by atomic mass is 10.0. The minimum atomic E-state index is -0.0232. The minimum absolute atomic E-state index is 0.0232. The molecule has 0 heterocycles. The molecule has 1 rings (SSSR count). The Kier molecular flexibility index (Phi) is 6.64. The van der Waals surface area contributed by atoms with Crippen molar-refractivity contribution in [3.8, 4) is 0 Å². The molecule has 0 saturated heterocycles. The lowest BCUT2D eigenvalue weighted by Gasteiger charge is -2.14. The van der Waals surface area contributed by atoms with E-state index in [-0.39, 0.29) is 6.04 Å². The van der Waals surface area contributed by atoms with E-state index in [0.29, 0.717) is 10.0 Å². The molecule has 0 aromatic heterocycles. The first kappa shape index (κ1) is 14.6. The van der Waals surface area contributed by atoms with Gasteiger partial charge < -0.3 is 5.73 Å². The van der Waals surface area contributed by atoms with E-state index in [9.17, 15) is 0 Å². The molecule has 1 nitrogen and oxygen atoms in total. The maximum atomic E-state index is 6.13. The zero-order valence-electron chi connectivity index (χ0n) is 9.96. The lowest BCUT2D eigenvalue weighted by Crippen LogP contribution is -2.10. The lowest BCUT2D eigenvalue weighted by molar-refractivity contribution is 0.572. The molecule has 0 radical (unpaired) electrons. The van der Waals surface area contributed by atoms with Gasteiger partial charge in [-0.2, -0.15) is 0 Å². The summed E-state index contributed by atoms with van der Waals surface area (Å²) in [6, 6.07) is 5.60. The second-order valence-electron chi connectivity index (χ2n) is 4.18. The van der Waals surface area contributed by atoms with E-state index in [4.69, 9.17) is 28.9 Å². The molecular weight excluding hydrogens is 253 g/mol. The number of allylic oxidation sites excluding steroid dienone is 1. The van der Waals surface area contributed by atoms with Gasteiger partial charge in [0, 0.05) is 6.04 Å². The van der Waals surface area contributed by atoms with Gasteiger partial charge in [0.15, 0.2) is 0 Å². The first-order chi connectivity index (χ1) is 8.16. The summed E-state index contributed by atoms with van der Waals surface area (Å²) in [7, 11) is 0. The number of halogens is 2. The van der Waals surface area contributed by atoms with Gasteiger partial charge in [-0.3, -0.25) is 0 Å². The Bertz CT molecular complexity index is 363. The molecule has 2 N–H and O–H groups in total. The molecule has 0 aliphatic rings. The molecule has 1 unspecified atom stereocenters. The van der Waals surface area contributed by atoms with Crippen LogP contribution in [0.4, 0.5) is 0 Å². The van der Waals surface area contributed by atoms with Crippen LogP contribution in [-0.2, 0) is 0 Å². The number of benzene rings is 1. The molecule has 0 aliphatic carbocycles. The maximum Gasteiger partial charge on any atom is 0.0639 e. The van der Waals surface area contributed by atoms with Gasteiger partial charge in [0.05, 0.1) is 10.0 Å². The van der Waals surface area contributed by atoms with E-state index >= 15 is 0 Å². The van der Waals surface area contributed by atoms with Gasteiger partial charge in [-0.1, -0.05) is 54.3 Å². The molecule has 0 fully saturated rings. The summed E-state index contributed by atoms with van der Waals surface area (Å²) < 4.78 is 0. The zero-order chi connectivity index (χ0) is 12.7. The Labute approximate surface area is 114 Å². The predicted molar refractivity (Wildman–Crippen MR) is 76.7 cm³/mol. The van der Waals surface area contributed by atoms with Crippen molar-refractivity contribution in [2.75, 3.05) is 0 Å². The van der Waals surface area contributed by atoms with Crippen LogP contribution in [-0.4, -0.2) is 0 Å². The Morgan fingerprint density at radius 2 is 2.00 bits per heavy atom. The van der Waals surface area contributed by atoms with Crippen molar-refractivity contribution in [3.05, 3.63) is 46.5 Å². The fourth-order valence-corrected chi connectivity index (χ4v) is 2.24. The molecule has 0 spiro atoms. The predicted octanol–water partition coefficient (Wildman–Crippen LogP) is 5.13. The average Bonchev–Trinajstić information content (AvgIpc) is 2.32. The molecule has 1 aromatic rings. The van der Waals surface area contributed by atoms with Crippen molar-refractivity contribution < 1.29 is 0 Å². The quantitative estimate of drug-likeness (QED) is 0.540. The number of hydrogen-bond acceptors (Lipinski definition) is 1. The fraction of sp³-hybridized carbons (Fsp3) is 0.429. The summed E-state index contributed by atoms with van der Waals surface area (Å²) in [5, 5.41) is 1.17. The summed E-state index contributed by atoms with van der Waals surface area (Å²) in [4.78, 5) is 0. The molecule has 0 aliphatic heterocycles. The third-order valence-corrected chi connectivity index (χ3v) is 3.64. The third kappa shape index (κ3) is 4.71. The monoisotopic (exact) mass is 271 g/mol. The second kappa shape index (κ2) is 7.75. The van der Waals surface area contributed by atoms with Gasteiger partial charge in [0.2, 0.25) is 0 Å². The molecule has 1 aromatic carbocycles. The highest BCUT2D eigenvalue weighted by Crippen LogP contribution is 2.30. The van der Waals surface area contributed by atoms with Crippen LogP contribution in [0, 0.1) is 0 Å². The van der Waals surface area contributed by atoms with Crippen LogP contribution < -0.4 is 5.73 Å². The van der Waals surface area contributed by atoms with Crippen LogP contribution >= 0.6 is 23.2 Å². The largest absolute Gasteiger partial charge is 0.324 e. The smallest absolute Gasteiger partial charge is 0.0639 e. The van der Waals surface area contributed by atoms with Gasteiger partial charge in [-0.25, -0.2) is 0 Å². The van der Waals surface area contributed by atoms with E-state index in [1.165, 1.54) is 12.8 Å². The van der Waals surface area contributed by atoms with E-state index < -0.39 is 0 Å². The molecule has 1 atom stereocenters. The zero-order valence-corrected chi connectivity index (χ0v) is 11.5. The first-order valence-electron chi connectivity index (χ1n) is 5.97. The Balaban J connectivity index is 2.44. The van der Waals surface area contributed by atoms with Crippen molar-refractivity contribution in [3.63, 3.8) is 0 Å². The molecule has 0 saturated carbocycles. The van der Waals surface area contributed by atoms with Crippen molar-refractivity contribution in [2.24, 2.45) is 5.73 Å². The summed E-state index contributed by atoms with van der Waals surface area (Å²) in [5.74, 6) is 0. The Hall–Kier alpha value is -0.500. The van der Waals surface area contributed by atoms with Crippen LogP contribution in [0.2, 0.25) is 10.0 Å². The maximum absolute atomic E-state index is 6.13. The van der Waals surface area contributed by atoms with Crippen LogP contribution in [0.3, 0.4) is 0 Å². The Morgan fingerprint density at radius 1 is 1.24 bits per heavy atom. The highest BCUT2D eigenvalue weighted by Gasteiger charge is 2.11. The summed E-state index contributed by atoms with van der Waals surface area (Å²) in [6.07, 6.45) is 7.44. The van der Waals surface area contributed by atoms with E-state index in [0.717, 1.165) is 24.8 Å². The second-order valence-corrected chi connectivity index (χ2v) is 4.96. The van der Waals surface area contributed by atoms with E-state index in [2.05, 4.69) is 6.58 Å². The fourth-order valence-electron chi connectivity index (χ4n) is 1.79. The van der Waals surface area contributed by atoms with Gasteiger partial charge in [-0.15, -0.1) is 6.58 Å². The van der Waals surface area contributed by atoms with Crippen LogP contribution in [0.15, 0.2) is 30.9 Å². The van der Waals surface area contributed by atoms with Gasteiger partial charge >= 0.3 is 0 Å². The molecule has 3 heteroatoms. The molecule has 17 heavy (non-hydrogen) atoms. The number of hydrogen-bond donors (Lipinski definition) is 1. The van der Waals surface area contributed by atoms with Crippen LogP contribution in [0.5, 0.6) is 0 Å². The Morgan fingerprint density at radius 3 is 2.71 bits per heavy atom. The van der Waals surface area contributed by atoms with Crippen molar-refractivity contribution in [1.82, 2.24) is 0 Å². The minimum Gasteiger partial charge on any atom is -0.324 e. The third-order valence-electron chi connectivity index (χ3n) is 2.80. The van der Waals surface area contributed by atoms with Crippen LogP contribution in [0.25, 0.3) is 0 Å². The van der Waals surface area contributed by atoms with Crippen molar-refractivity contribution in [2.45, 2.75) is 38.1 Å². The molecular formula is C14H19Cl2N. The van der Waals surface area contributed by atoms with Crippen molar-refractivity contribution >= 4 is 23.2 Å². The SMILES string of the molecule is C=CCCCCCC(N)c1cccc(Cl)c1Cl. The van der Waals surface area contributed by atoms with Gasteiger partial charge in [0.1, 0.15) is 0 Å². The van der Waals surface area contributed by atoms with Crippen molar-refractivity contribution in [1.29, 1.82) is 0 Å². The normalized spacial score (nSPS) is 12.4. The number of nitrogens with two attached hydrogens (primary N) is 1. The summed E-state index contributed by atoms with van der Waals surface area (Å²) in [5.41, 5.74) is 7.06. The average molecular weight is 272 g/mol. The number of rotatable bonds is 7. The van der Waals surface area contributed by atoms with Gasteiger partial charge in [-0.05, 0) is 30.9 Å². The molecule has 0 amide bonds. The highest BCUT2D eigenvalue weighted by molar-refractivity contribution is 6.42. The van der Waals surface area contributed by atoms with Gasteiger partial charge in [0.25, 0.3) is 0 Å². The van der Waals surface area contributed by atoms with Crippen LogP contribution in [0.1, 0.15) is 43.7 Å². The topological polar surface area (TPSA) is 26.0 Å². The molecule has 0 bridgehead atoms. The van der Waals surface area contributed by atoms with E-state index in [1.807, 2.05) is 18.2 Å². The standard InChI is InChI=1S/C14H19Cl2N/c1-2-3-4-5-6-10-13(17)11-8-7-9-12(15)14(11)16/h2,7-9,13H,1,3-6,10,17H2. The first-order valence-corrected chi connectivity index (χ1v) is 6.72. The summed E-state index contributed by atoms with van der Waals surface area (Å²) >= 11 is 12.1. The molecule has 94 valence electrons. The number of unbranched alkanes of at least 4 members (excludes halogenated alkanes) is 3. The van der Waals surface area contributed by atoms with E-state index in [1.54, 1.807) is 6.07 Å².